The minimum atomic E-state index is -0.181. The van der Waals surface area contributed by atoms with Crippen LogP contribution in [0.4, 0.5) is 0 Å². The summed E-state index contributed by atoms with van der Waals surface area (Å²) in [4.78, 5) is 11.6. The number of nitrogens with one attached hydrogen (secondary N) is 2. The van der Waals surface area contributed by atoms with E-state index in [-0.39, 0.29) is 24.4 Å². The van der Waals surface area contributed by atoms with Gasteiger partial charge in [-0.3, -0.25) is 10.1 Å². The highest BCUT2D eigenvalue weighted by atomic mass is 35.5. The zero-order chi connectivity index (χ0) is 12.6. The molecule has 19 heavy (non-hydrogen) atoms. The van der Waals surface area contributed by atoms with Crippen LogP contribution >= 0.6 is 12.4 Å². The van der Waals surface area contributed by atoms with Crippen molar-refractivity contribution in [2.45, 2.75) is 12.6 Å². The lowest BCUT2D eigenvalue weighted by Gasteiger charge is -2.10. The van der Waals surface area contributed by atoms with Crippen LogP contribution in [0.5, 0.6) is 0 Å². The number of amides is 1. The molecule has 1 aromatic rings. The summed E-state index contributed by atoms with van der Waals surface area (Å²) in [6.07, 6.45) is 3.83. The van der Waals surface area contributed by atoms with Gasteiger partial charge in [0.25, 0.3) is 0 Å². The third-order valence-electron chi connectivity index (χ3n) is 2.72. The lowest BCUT2D eigenvalue weighted by molar-refractivity contribution is -0.122. The highest BCUT2D eigenvalue weighted by Crippen LogP contribution is 1.99. The molecule has 0 aliphatic carbocycles. The van der Waals surface area contributed by atoms with Gasteiger partial charge in [0.1, 0.15) is 6.04 Å². The van der Waals surface area contributed by atoms with Crippen molar-refractivity contribution in [3.63, 3.8) is 0 Å². The van der Waals surface area contributed by atoms with Crippen molar-refractivity contribution in [3.05, 3.63) is 48.0 Å². The summed E-state index contributed by atoms with van der Waals surface area (Å²) in [6, 6.07) is 9.81. The van der Waals surface area contributed by atoms with Gasteiger partial charge in [-0.1, -0.05) is 42.5 Å². The second-order valence-corrected chi connectivity index (χ2v) is 4.14. The Hall–Kier alpha value is -1.36. The Balaban J connectivity index is 0.00000180. The Morgan fingerprint density at radius 1 is 1.37 bits per heavy atom. The summed E-state index contributed by atoms with van der Waals surface area (Å²) in [6.45, 7) is 2.41. The molecule has 1 aromatic carbocycles. The summed E-state index contributed by atoms with van der Waals surface area (Å²) >= 11 is 0. The number of carbonyl (C=O) groups excluding carboxylic acids is 1. The van der Waals surface area contributed by atoms with Crippen molar-refractivity contribution in [2.24, 2.45) is 0 Å². The van der Waals surface area contributed by atoms with Gasteiger partial charge in [-0.2, -0.15) is 0 Å². The van der Waals surface area contributed by atoms with Gasteiger partial charge in [-0.15, -0.1) is 12.4 Å². The molecule has 0 spiro atoms. The van der Waals surface area contributed by atoms with Crippen molar-refractivity contribution < 1.29 is 9.53 Å². The number of hydrogen-bond acceptors (Lipinski definition) is 3. The van der Waals surface area contributed by atoms with E-state index >= 15 is 0 Å². The molecule has 2 N–H and O–H groups in total. The van der Waals surface area contributed by atoms with E-state index in [1.165, 1.54) is 0 Å². The first-order chi connectivity index (χ1) is 8.86. The quantitative estimate of drug-likeness (QED) is 0.610. The van der Waals surface area contributed by atoms with Gasteiger partial charge in [-0.25, -0.2) is 0 Å². The van der Waals surface area contributed by atoms with Gasteiger partial charge in [0.2, 0.25) is 5.91 Å². The van der Waals surface area contributed by atoms with Crippen LogP contribution < -0.4 is 10.6 Å². The number of hydrogen-bond donors (Lipinski definition) is 2. The molecule has 0 radical (unpaired) electrons. The van der Waals surface area contributed by atoms with Crippen LogP contribution in [0.3, 0.4) is 0 Å². The molecule has 1 unspecified atom stereocenters. The van der Waals surface area contributed by atoms with Crippen molar-refractivity contribution in [1.82, 2.24) is 10.6 Å². The minimum Gasteiger partial charge on any atom is -0.375 e. The van der Waals surface area contributed by atoms with Crippen molar-refractivity contribution in [2.75, 3.05) is 19.7 Å². The predicted molar refractivity (Wildman–Crippen MR) is 77.3 cm³/mol. The average Bonchev–Trinajstić information content (AvgIpc) is 2.93. The Bertz CT molecular complexity index is 409. The van der Waals surface area contributed by atoms with Crippen molar-refractivity contribution in [3.8, 4) is 0 Å². The Morgan fingerprint density at radius 2 is 2.16 bits per heavy atom. The SMILES string of the molecule is Cl.O=C(NCCOCc1ccccc1)C1C=CCN1. The largest absolute Gasteiger partial charge is 0.375 e. The molecule has 0 bridgehead atoms. The monoisotopic (exact) mass is 282 g/mol. The Morgan fingerprint density at radius 3 is 2.84 bits per heavy atom. The van der Waals surface area contributed by atoms with Crippen LogP contribution in [0.1, 0.15) is 5.56 Å². The zero-order valence-corrected chi connectivity index (χ0v) is 11.5. The third kappa shape index (κ3) is 5.42. The normalized spacial score (nSPS) is 16.9. The number of carbonyl (C=O) groups is 1. The van der Waals surface area contributed by atoms with Crippen molar-refractivity contribution >= 4 is 18.3 Å². The first kappa shape index (κ1) is 15.7. The molecule has 1 heterocycles. The molecule has 1 amide bonds. The lowest BCUT2D eigenvalue weighted by Crippen LogP contribution is -2.41. The topological polar surface area (TPSA) is 50.4 Å². The fraction of sp³-hybridized carbons (Fsp3) is 0.357. The number of halogens is 1. The first-order valence-electron chi connectivity index (χ1n) is 6.16. The lowest BCUT2D eigenvalue weighted by atomic mass is 10.2. The van der Waals surface area contributed by atoms with Gasteiger partial charge in [0.15, 0.2) is 0 Å². The van der Waals surface area contributed by atoms with Crippen molar-refractivity contribution in [1.29, 1.82) is 0 Å². The highest BCUT2D eigenvalue weighted by molar-refractivity contribution is 5.85. The molecular weight excluding hydrogens is 264 g/mol. The summed E-state index contributed by atoms with van der Waals surface area (Å²) in [5, 5.41) is 5.89. The second kappa shape index (κ2) is 8.69. The molecule has 5 heteroatoms. The van der Waals surface area contributed by atoms with Crippen LogP contribution in [0.25, 0.3) is 0 Å². The second-order valence-electron chi connectivity index (χ2n) is 4.14. The number of benzene rings is 1. The molecule has 0 fully saturated rings. The fourth-order valence-corrected chi connectivity index (χ4v) is 1.77. The van der Waals surface area contributed by atoms with Gasteiger partial charge in [0, 0.05) is 13.1 Å². The van der Waals surface area contributed by atoms with E-state index < -0.39 is 0 Å². The van der Waals surface area contributed by atoms with E-state index in [0.29, 0.717) is 19.8 Å². The van der Waals surface area contributed by atoms with Crippen LogP contribution in [0.15, 0.2) is 42.5 Å². The van der Waals surface area contributed by atoms with E-state index in [9.17, 15) is 4.79 Å². The first-order valence-corrected chi connectivity index (χ1v) is 6.16. The maximum Gasteiger partial charge on any atom is 0.241 e. The summed E-state index contributed by atoms with van der Waals surface area (Å²) < 4.78 is 5.48. The average molecular weight is 283 g/mol. The van der Waals surface area contributed by atoms with Crippen LogP contribution in [0, 0.1) is 0 Å². The molecule has 1 aliphatic heterocycles. The van der Waals surface area contributed by atoms with Gasteiger partial charge in [-0.05, 0) is 5.56 Å². The molecule has 104 valence electrons. The molecule has 2 rings (SSSR count). The van der Waals surface area contributed by atoms with E-state index in [1.807, 2.05) is 42.5 Å². The van der Waals surface area contributed by atoms with Gasteiger partial charge >= 0.3 is 0 Å². The molecular formula is C14H19ClN2O2. The van der Waals surface area contributed by atoms with Crippen LogP contribution in [-0.2, 0) is 16.1 Å². The predicted octanol–water partition coefficient (Wildman–Crippen LogP) is 1.27. The number of ether oxygens (including phenoxy) is 1. The molecule has 1 aliphatic rings. The molecule has 4 nitrogen and oxygen atoms in total. The molecule has 0 saturated carbocycles. The van der Waals surface area contributed by atoms with Crippen LogP contribution in [0.2, 0.25) is 0 Å². The van der Waals surface area contributed by atoms with E-state index in [4.69, 9.17) is 4.74 Å². The summed E-state index contributed by atoms with van der Waals surface area (Å²) in [5.74, 6) is 0.00654. The molecule has 1 atom stereocenters. The summed E-state index contributed by atoms with van der Waals surface area (Å²) in [5.41, 5.74) is 1.14. The third-order valence-corrected chi connectivity index (χ3v) is 2.72. The van der Waals surface area contributed by atoms with Gasteiger partial charge in [0.05, 0.1) is 13.2 Å². The van der Waals surface area contributed by atoms with E-state index in [0.717, 1.165) is 12.1 Å². The molecule has 0 aromatic heterocycles. The smallest absolute Gasteiger partial charge is 0.241 e. The standard InChI is InChI=1S/C14H18N2O2.ClH/c17-14(13-7-4-8-15-13)16-9-10-18-11-12-5-2-1-3-6-12;/h1-7,13,15H,8-11H2,(H,16,17);1H. The zero-order valence-electron chi connectivity index (χ0n) is 10.7. The maximum atomic E-state index is 11.6. The summed E-state index contributed by atoms with van der Waals surface area (Å²) in [7, 11) is 0. The van der Waals surface area contributed by atoms with Crippen LogP contribution in [-0.4, -0.2) is 31.6 Å². The van der Waals surface area contributed by atoms with E-state index in [2.05, 4.69) is 10.6 Å². The van der Waals surface area contributed by atoms with Gasteiger partial charge < -0.3 is 10.1 Å². The maximum absolute atomic E-state index is 11.6. The Kier molecular flexibility index (Phi) is 7.18. The minimum absolute atomic E-state index is 0. The molecule has 0 saturated heterocycles. The fourth-order valence-electron chi connectivity index (χ4n) is 1.77. The highest BCUT2D eigenvalue weighted by Gasteiger charge is 2.16. The number of rotatable bonds is 6. The van der Waals surface area contributed by atoms with E-state index in [1.54, 1.807) is 0 Å². The Labute approximate surface area is 119 Å².